The smallest absolute Gasteiger partial charge is 0.301 e. The van der Waals surface area contributed by atoms with Gasteiger partial charge in [-0.15, -0.1) is 0 Å². The molecule has 1 unspecified atom stereocenters. The van der Waals surface area contributed by atoms with E-state index in [2.05, 4.69) is 4.98 Å². The van der Waals surface area contributed by atoms with E-state index in [0.717, 1.165) is 21.5 Å². The van der Waals surface area contributed by atoms with Gasteiger partial charge in [-0.3, -0.25) is 14.5 Å². The van der Waals surface area contributed by atoms with Gasteiger partial charge in [0.1, 0.15) is 17.3 Å². The fourth-order valence-corrected chi connectivity index (χ4v) is 5.66. The van der Waals surface area contributed by atoms with Crippen LogP contribution >= 0.6 is 11.3 Å². The SMILES string of the molecule is COc1ccc(OC)c(/C(O)=C2\C(=O)C(=O)N(c3nc4ccc(C)cc4s3)C2c2ccc(N(C)C)cc2)c1. The number of aromatic nitrogens is 1. The molecule has 0 spiro atoms. The number of methoxy groups -OCH3 is 2. The van der Waals surface area contributed by atoms with Gasteiger partial charge in [0.2, 0.25) is 0 Å². The monoisotopic (exact) mass is 529 g/mol. The van der Waals surface area contributed by atoms with E-state index in [1.807, 2.05) is 68.4 Å². The topological polar surface area (TPSA) is 92.2 Å². The van der Waals surface area contributed by atoms with Gasteiger partial charge < -0.3 is 19.5 Å². The molecule has 5 rings (SSSR count). The molecule has 194 valence electrons. The van der Waals surface area contributed by atoms with Gasteiger partial charge in [-0.1, -0.05) is 29.5 Å². The molecule has 8 nitrogen and oxygen atoms in total. The maximum Gasteiger partial charge on any atom is 0.301 e. The van der Waals surface area contributed by atoms with Crippen molar-refractivity contribution in [2.24, 2.45) is 0 Å². The number of ketones is 1. The molecule has 1 amide bonds. The minimum absolute atomic E-state index is 0.0467. The van der Waals surface area contributed by atoms with Crippen molar-refractivity contribution in [3.8, 4) is 11.5 Å². The average Bonchev–Trinajstić information content (AvgIpc) is 3.45. The summed E-state index contributed by atoms with van der Waals surface area (Å²) in [6.07, 6.45) is 0. The van der Waals surface area contributed by atoms with Gasteiger partial charge in [0.15, 0.2) is 5.13 Å². The van der Waals surface area contributed by atoms with Gasteiger partial charge in [0.05, 0.1) is 41.6 Å². The second-order valence-corrected chi connectivity index (χ2v) is 10.2. The Bertz CT molecular complexity index is 1590. The highest BCUT2D eigenvalue weighted by molar-refractivity contribution is 7.22. The van der Waals surface area contributed by atoms with Crippen LogP contribution in [0.3, 0.4) is 0 Å². The highest BCUT2D eigenvalue weighted by Crippen LogP contribution is 2.45. The van der Waals surface area contributed by atoms with Crippen molar-refractivity contribution in [2.45, 2.75) is 13.0 Å². The second kappa shape index (κ2) is 9.83. The number of hydrogen-bond donors (Lipinski definition) is 1. The number of carbonyl (C=O) groups excluding carboxylic acids is 2. The number of Topliss-reactive ketones (excluding diaryl/α,β-unsaturated/α-hetero) is 1. The van der Waals surface area contributed by atoms with Crippen LogP contribution in [-0.4, -0.2) is 50.1 Å². The number of thiazole rings is 1. The number of aryl methyl sites for hydroxylation is 1. The van der Waals surface area contributed by atoms with Crippen LogP contribution in [0.15, 0.2) is 66.2 Å². The van der Waals surface area contributed by atoms with E-state index in [-0.39, 0.29) is 16.9 Å². The molecule has 2 heterocycles. The van der Waals surface area contributed by atoms with Crippen LogP contribution in [0.4, 0.5) is 10.8 Å². The van der Waals surface area contributed by atoms with E-state index in [1.165, 1.54) is 30.5 Å². The van der Waals surface area contributed by atoms with Crippen molar-refractivity contribution in [3.63, 3.8) is 0 Å². The summed E-state index contributed by atoms with van der Waals surface area (Å²) < 4.78 is 11.7. The summed E-state index contributed by atoms with van der Waals surface area (Å²) in [6.45, 7) is 1.98. The number of aliphatic hydroxyl groups is 1. The molecule has 4 aromatic rings. The lowest BCUT2D eigenvalue weighted by Crippen LogP contribution is -2.29. The summed E-state index contributed by atoms with van der Waals surface area (Å²) in [4.78, 5) is 35.2. The van der Waals surface area contributed by atoms with E-state index in [9.17, 15) is 14.7 Å². The molecule has 0 saturated carbocycles. The minimum Gasteiger partial charge on any atom is -0.507 e. The molecule has 1 saturated heterocycles. The Morgan fingerprint density at radius 3 is 2.39 bits per heavy atom. The Labute approximate surface area is 224 Å². The third-order valence-electron chi connectivity index (χ3n) is 6.57. The van der Waals surface area contributed by atoms with E-state index < -0.39 is 17.7 Å². The minimum atomic E-state index is -0.899. The van der Waals surface area contributed by atoms with Crippen LogP contribution in [0.1, 0.15) is 22.7 Å². The van der Waals surface area contributed by atoms with Gasteiger partial charge in [-0.05, 0) is 60.5 Å². The number of benzene rings is 3. The number of carbonyl (C=O) groups is 2. The Hall–Kier alpha value is -4.37. The molecular weight excluding hydrogens is 502 g/mol. The van der Waals surface area contributed by atoms with Crippen molar-refractivity contribution >= 4 is 49.8 Å². The van der Waals surface area contributed by atoms with Crippen LogP contribution in [0, 0.1) is 6.92 Å². The average molecular weight is 530 g/mol. The first kappa shape index (κ1) is 25.3. The molecular formula is C29H27N3O5S. The lowest BCUT2D eigenvalue weighted by molar-refractivity contribution is -0.132. The first-order valence-electron chi connectivity index (χ1n) is 11.9. The fourth-order valence-electron chi connectivity index (χ4n) is 4.57. The van der Waals surface area contributed by atoms with Crippen LogP contribution in [0.5, 0.6) is 11.5 Å². The molecule has 1 N–H and O–H groups in total. The quantitative estimate of drug-likeness (QED) is 0.205. The van der Waals surface area contributed by atoms with E-state index in [1.54, 1.807) is 18.2 Å². The Balaban J connectivity index is 1.75. The van der Waals surface area contributed by atoms with Crippen molar-refractivity contribution in [1.82, 2.24) is 4.98 Å². The van der Waals surface area contributed by atoms with Gasteiger partial charge in [-0.2, -0.15) is 0 Å². The summed E-state index contributed by atoms with van der Waals surface area (Å²) in [5, 5.41) is 12.0. The number of anilines is 2. The molecule has 0 bridgehead atoms. The highest BCUT2D eigenvalue weighted by Gasteiger charge is 2.48. The summed E-state index contributed by atoms with van der Waals surface area (Å²) >= 11 is 1.33. The number of hydrogen-bond acceptors (Lipinski definition) is 8. The zero-order valence-electron chi connectivity index (χ0n) is 21.7. The summed E-state index contributed by atoms with van der Waals surface area (Å²) in [6, 6.07) is 17.4. The lowest BCUT2D eigenvalue weighted by atomic mass is 9.95. The highest BCUT2D eigenvalue weighted by atomic mass is 32.1. The molecule has 0 aliphatic carbocycles. The predicted molar refractivity (Wildman–Crippen MR) is 149 cm³/mol. The molecule has 38 heavy (non-hydrogen) atoms. The van der Waals surface area contributed by atoms with Crippen molar-refractivity contribution in [1.29, 1.82) is 0 Å². The zero-order chi connectivity index (χ0) is 27.1. The number of ether oxygens (including phenoxy) is 2. The first-order chi connectivity index (χ1) is 18.2. The number of nitrogens with zero attached hydrogens (tertiary/aromatic N) is 3. The molecule has 9 heteroatoms. The largest absolute Gasteiger partial charge is 0.507 e. The van der Waals surface area contributed by atoms with Gasteiger partial charge in [0, 0.05) is 19.8 Å². The third kappa shape index (κ3) is 4.24. The van der Waals surface area contributed by atoms with E-state index >= 15 is 0 Å². The number of rotatable bonds is 6. The van der Waals surface area contributed by atoms with Crippen LogP contribution < -0.4 is 19.3 Å². The molecule has 1 aromatic heterocycles. The van der Waals surface area contributed by atoms with E-state index in [4.69, 9.17) is 9.47 Å². The van der Waals surface area contributed by atoms with Crippen LogP contribution in [0.2, 0.25) is 0 Å². The van der Waals surface area contributed by atoms with Crippen LogP contribution in [0.25, 0.3) is 16.0 Å². The first-order valence-corrected chi connectivity index (χ1v) is 12.7. The lowest BCUT2D eigenvalue weighted by Gasteiger charge is -2.24. The summed E-state index contributed by atoms with van der Waals surface area (Å²) in [5.74, 6) is -1.10. The molecule has 3 aromatic carbocycles. The normalized spacial score (nSPS) is 16.8. The van der Waals surface area contributed by atoms with Crippen molar-refractivity contribution in [2.75, 3.05) is 38.1 Å². The third-order valence-corrected chi connectivity index (χ3v) is 7.59. The Morgan fingerprint density at radius 1 is 1.00 bits per heavy atom. The van der Waals surface area contributed by atoms with Gasteiger partial charge in [0.25, 0.3) is 5.78 Å². The number of aliphatic hydroxyl groups excluding tert-OH is 1. The summed E-state index contributed by atoms with van der Waals surface area (Å²) in [7, 11) is 6.84. The summed E-state index contributed by atoms with van der Waals surface area (Å²) in [5.41, 5.74) is 3.61. The van der Waals surface area contributed by atoms with Crippen molar-refractivity contribution < 1.29 is 24.2 Å². The number of amides is 1. The predicted octanol–water partition coefficient (Wildman–Crippen LogP) is 5.31. The molecule has 1 fully saturated rings. The fraction of sp³-hybridized carbons (Fsp3) is 0.207. The Morgan fingerprint density at radius 2 is 1.74 bits per heavy atom. The molecule has 1 atom stereocenters. The Kier molecular flexibility index (Phi) is 6.54. The van der Waals surface area contributed by atoms with E-state index in [0.29, 0.717) is 22.2 Å². The maximum atomic E-state index is 13.6. The van der Waals surface area contributed by atoms with Crippen molar-refractivity contribution in [3.05, 3.63) is 82.9 Å². The van der Waals surface area contributed by atoms with Gasteiger partial charge in [-0.25, -0.2) is 4.98 Å². The molecule has 1 aliphatic heterocycles. The molecule has 1 aliphatic rings. The maximum absolute atomic E-state index is 13.6. The molecule has 0 radical (unpaired) electrons. The number of fused-ring (bicyclic) bond motifs is 1. The van der Waals surface area contributed by atoms with Crippen LogP contribution in [-0.2, 0) is 9.59 Å². The zero-order valence-corrected chi connectivity index (χ0v) is 22.5. The van der Waals surface area contributed by atoms with Gasteiger partial charge >= 0.3 is 5.91 Å². The second-order valence-electron chi connectivity index (χ2n) is 9.19. The standard InChI is InChI=1S/C29H27N3O5S/c1-16-6-12-21-23(14-16)38-29(30-21)32-25(17-7-9-18(10-8-17)31(2)3)24(27(34)28(32)35)26(33)20-15-19(36-4)11-13-22(20)37-5/h6-15,25,33H,1-5H3/b26-24+.